The Morgan fingerprint density at radius 2 is 1.59 bits per heavy atom. The summed E-state index contributed by atoms with van der Waals surface area (Å²) >= 11 is 1.79. The van der Waals surface area contributed by atoms with Crippen molar-refractivity contribution in [3.63, 3.8) is 0 Å². The molecule has 2 atom stereocenters. The van der Waals surface area contributed by atoms with Crippen molar-refractivity contribution >= 4 is 23.3 Å². The summed E-state index contributed by atoms with van der Waals surface area (Å²) in [5, 5.41) is 14.2. The van der Waals surface area contributed by atoms with Crippen LogP contribution in [0.3, 0.4) is 0 Å². The van der Waals surface area contributed by atoms with Crippen molar-refractivity contribution in [2.24, 2.45) is 0 Å². The van der Waals surface area contributed by atoms with E-state index in [9.17, 15) is 26.3 Å². The number of carbonyl (C=O) groups is 2. The van der Waals surface area contributed by atoms with E-state index in [4.69, 9.17) is 24.5 Å². The van der Waals surface area contributed by atoms with E-state index in [0.29, 0.717) is 6.10 Å². The SMILES string of the molecule is Cc1ncsc1CN1CC[C@]2(CCC[C@@H](CN3CCCC3)O2)C1.O=C(O)C(F)(F)F.O=C(O)C(F)(F)F. The van der Waals surface area contributed by atoms with Crippen LogP contribution in [0.4, 0.5) is 26.3 Å². The van der Waals surface area contributed by atoms with Crippen LogP contribution < -0.4 is 0 Å². The number of aliphatic carboxylic acids is 2. The molecule has 0 radical (unpaired) electrons. The van der Waals surface area contributed by atoms with Gasteiger partial charge in [-0.2, -0.15) is 26.3 Å². The van der Waals surface area contributed by atoms with Crippen molar-refractivity contribution in [2.75, 3.05) is 32.7 Å². The van der Waals surface area contributed by atoms with Crippen molar-refractivity contribution in [1.82, 2.24) is 14.8 Å². The second-order valence-electron chi connectivity index (χ2n) is 9.25. The third-order valence-corrected chi connectivity index (χ3v) is 7.25. The number of likely N-dealkylation sites (tertiary alicyclic amines) is 2. The summed E-state index contributed by atoms with van der Waals surface area (Å²) in [6, 6.07) is 0. The molecule has 212 valence electrons. The summed E-state index contributed by atoms with van der Waals surface area (Å²) in [5.74, 6) is -5.51. The number of rotatable bonds is 4. The van der Waals surface area contributed by atoms with E-state index in [1.165, 1.54) is 68.7 Å². The molecule has 15 heteroatoms. The monoisotopic (exact) mass is 563 g/mol. The fourth-order valence-electron chi connectivity index (χ4n) is 4.55. The van der Waals surface area contributed by atoms with Gasteiger partial charge in [-0.1, -0.05) is 0 Å². The van der Waals surface area contributed by atoms with Gasteiger partial charge in [-0.3, -0.25) is 4.90 Å². The number of ether oxygens (including phenoxy) is 1. The van der Waals surface area contributed by atoms with Crippen molar-refractivity contribution in [3.05, 3.63) is 16.1 Å². The van der Waals surface area contributed by atoms with Gasteiger partial charge in [-0.15, -0.1) is 11.3 Å². The molecule has 37 heavy (non-hydrogen) atoms. The molecule has 0 unspecified atom stereocenters. The third-order valence-electron chi connectivity index (χ3n) is 6.33. The molecule has 1 spiro atoms. The number of hydrogen-bond acceptors (Lipinski definition) is 7. The van der Waals surface area contributed by atoms with E-state index < -0.39 is 24.3 Å². The largest absolute Gasteiger partial charge is 0.490 e. The van der Waals surface area contributed by atoms with Crippen LogP contribution >= 0.6 is 11.3 Å². The maximum atomic E-state index is 10.6. The second-order valence-corrected chi connectivity index (χ2v) is 10.2. The summed E-state index contributed by atoms with van der Waals surface area (Å²) in [4.78, 5) is 28.8. The lowest BCUT2D eigenvalue weighted by molar-refractivity contribution is -0.193. The molecule has 3 saturated heterocycles. The maximum Gasteiger partial charge on any atom is 0.490 e. The molecule has 4 rings (SSSR count). The minimum atomic E-state index is -5.08. The number of aromatic nitrogens is 1. The Morgan fingerprint density at radius 3 is 2.08 bits per heavy atom. The molecule has 3 aliphatic rings. The minimum absolute atomic E-state index is 0.140. The van der Waals surface area contributed by atoms with Gasteiger partial charge in [-0.25, -0.2) is 14.6 Å². The van der Waals surface area contributed by atoms with Gasteiger partial charge in [0.25, 0.3) is 0 Å². The van der Waals surface area contributed by atoms with Crippen molar-refractivity contribution in [1.29, 1.82) is 0 Å². The third kappa shape index (κ3) is 10.4. The van der Waals surface area contributed by atoms with Gasteiger partial charge in [-0.05, 0) is 58.5 Å². The predicted molar refractivity (Wildman–Crippen MR) is 121 cm³/mol. The number of alkyl halides is 6. The molecule has 8 nitrogen and oxygen atoms in total. The van der Waals surface area contributed by atoms with Crippen LogP contribution in [0, 0.1) is 6.92 Å². The summed E-state index contributed by atoms with van der Waals surface area (Å²) in [6.45, 7) is 9.19. The Morgan fingerprint density at radius 1 is 1.03 bits per heavy atom. The predicted octanol–water partition coefficient (Wildman–Crippen LogP) is 4.33. The van der Waals surface area contributed by atoms with E-state index in [-0.39, 0.29) is 5.60 Å². The molecule has 2 N–H and O–H groups in total. The van der Waals surface area contributed by atoms with Gasteiger partial charge in [0.1, 0.15) is 0 Å². The van der Waals surface area contributed by atoms with Crippen molar-refractivity contribution in [2.45, 2.75) is 76.1 Å². The first-order valence-electron chi connectivity index (χ1n) is 11.7. The summed E-state index contributed by atoms with van der Waals surface area (Å²) < 4.78 is 70.2. The van der Waals surface area contributed by atoms with Gasteiger partial charge in [0.15, 0.2) is 0 Å². The fourth-order valence-corrected chi connectivity index (χ4v) is 5.37. The molecular weight excluding hydrogens is 532 g/mol. The summed E-state index contributed by atoms with van der Waals surface area (Å²) in [5.41, 5.74) is 3.31. The van der Waals surface area contributed by atoms with Crippen LogP contribution in [0.15, 0.2) is 5.51 Å². The number of thiazole rings is 1. The van der Waals surface area contributed by atoms with Crippen LogP contribution in [0.25, 0.3) is 0 Å². The van der Waals surface area contributed by atoms with Gasteiger partial charge >= 0.3 is 24.3 Å². The normalized spacial score (nSPS) is 24.8. The molecule has 0 saturated carbocycles. The molecule has 0 bridgehead atoms. The van der Waals surface area contributed by atoms with E-state index in [0.717, 1.165) is 19.6 Å². The van der Waals surface area contributed by atoms with Crippen LogP contribution in [0.1, 0.15) is 49.1 Å². The highest BCUT2D eigenvalue weighted by molar-refractivity contribution is 7.09. The standard InChI is InChI=1S/C18H29N3OS.2C2HF3O2/c1-15-17(23-14-19-15)12-21-10-7-18(13-21)6-4-5-16(22-18)11-20-8-2-3-9-20;2*3-2(4,5)1(6)7/h14,16H,2-13H2,1H3;2*(H,6,7)/t16-,18+;;/m0../s1. The average Bonchev–Trinajstić information content (AvgIpc) is 3.52. The minimum Gasteiger partial charge on any atom is -0.475 e. The molecule has 0 aliphatic carbocycles. The molecule has 0 amide bonds. The van der Waals surface area contributed by atoms with E-state index in [1.54, 1.807) is 11.3 Å². The Bertz CT molecular complexity index is 867. The van der Waals surface area contributed by atoms with Crippen molar-refractivity contribution < 1.29 is 50.9 Å². The highest BCUT2D eigenvalue weighted by Gasteiger charge is 2.43. The zero-order chi connectivity index (χ0) is 27.9. The number of carboxylic acids is 2. The second kappa shape index (κ2) is 13.2. The Labute approximate surface area is 214 Å². The molecule has 3 fully saturated rings. The zero-order valence-corrected chi connectivity index (χ0v) is 21.1. The fraction of sp³-hybridized carbons (Fsp3) is 0.773. The number of halogens is 6. The van der Waals surface area contributed by atoms with Crippen LogP contribution in [0.5, 0.6) is 0 Å². The van der Waals surface area contributed by atoms with Crippen LogP contribution in [-0.4, -0.2) is 93.7 Å². The number of aryl methyl sites for hydroxylation is 1. The summed E-state index contributed by atoms with van der Waals surface area (Å²) in [7, 11) is 0. The first-order chi connectivity index (χ1) is 17.1. The molecule has 0 aromatic carbocycles. The van der Waals surface area contributed by atoms with Crippen molar-refractivity contribution in [3.8, 4) is 0 Å². The van der Waals surface area contributed by atoms with E-state index in [1.807, 2.05) is 5.51 Å². The van der Waals surface area contributed by atoms with Gasteiger partial charge in [0.2, 0.25) is 0 Å². The zero-order valence-electron chi connectivity index (χ0n) is 20.3. The molecule has 1 aromatic heterocycles. The van der Waals surface area contributed by atoms with E-state index >= 15 is 0 Å². The van der Waals surface area contributed by atoms with Crippen LogP contribution in [-0.2, 0) is 20.9 Å². The first kappa shape index (κ1) is 31.2. The molecule has 4 heterocycles. The average molecular weight is 564 g/mol. The highest BCUT2D eigenvalue weighted by atomic mass is 32.1. The van der Waals surface area contributed by atoms with Gasteiger partial charge < -0.3 is 19.8 Å². The number of nitrogens with zero attached hydrogens (tertiary/aromatic N) is 3. The molecule has 1 aromatic rings. The Hall–Kier alpha value is -1.97. The lowest BCUT2D eigenvalue weighted by Gasteiger charge is -2.40. The van der Waals surface area contributed by atoms with Gasteiger partial charge in [0.05, 0.1) is 22.9 Å². The van der Waals surface area contributed by atoms with Gasteiger partial charge in [0, 0.05) is 31.1 Å². The highest BCUT2D eigenvalue weighted by Crippen LogP contribution is 2.38. The Balaban J connectivity index is 0.000000286. The quantitative estimate of drug-likeness (QED) is 0.522. The summed E-state index contributed by atoms with van der Waals surface area (Å²) in [6.07, 6.45) is -1.90. The number of carboxylic acid groups (broad SMARTS) is 2. The lowest BCUT2D eigenvalue weighted by Crippen LogP contribution is -2.46. The topological polar surface area (TPSA) is 103 Å². The number of hydrogen-bond donors (Lipinski definition) is 2. The first-order valence-corrected chi connectivity index (χ1v) is 12.6. The molecule has 3 aliphatic heterocycles. The molecular formula is C22H31F6N3O5S. The maximum absolute atomic E-state index is 10.6. The lowest BCUT2D eigenvalue weighted by atomic mass is 9.90. The Kier molecular flexibility index (Phi) is 11.1. The smallest absolute Gasteiger partial charge is 0.475 e. The van der Waals surface area contributed by atoms with Crippen LogP contribution in [0.2, 0.25) is 0 Å². The van der Waals surface area contributed by atoms with E-state index in [2.05, 4.69) is 21.7 Å².